The van der Waals surface area contributed by atoms with Crippen LogP contribution in [0.4, 0.5) is 0 Å². The Morgan fingerprint density at radius 3 is 2.08 bits per heavy atom. The van der Waals surface area contributed by atoms with Gasteiger partial charge in [-0.05, 0) is 97.9 Å². The zero-order chi connectivity index (χ0) is 38.1. The van der Waals surface area contributed by atoms with Crippen molar-refractivity contribution in [1.82, 2.24) is 0 Å². The zero-order valence-corrected chi connectivity index (χ0v) is 31.5. The highest BCUT2D eigenvalue weighted by molar-refractivity contribution is 5.27. The molecule has 14 nitrogen and oxygen atoms in total. The Bertz CT molecular complexity index is 1310. The van der Waals surface area contributed by atoms with Crippen LogP contribution in [0.25, 0.3) is 0 Å². The van der Waals surface area contributed by atoms with Crippen molar-refractivity contribution in [2.24, 2.45) is 46.3 Å². The summed E-state index contributed by atoms with van der Waals surface area (Å²) in [7, 11) is 0. The normalized spacial score (nSPS) is 53.0. The van der Waals surface area contributed by atoms with Crippen LogP contribution in [0.3, 0.4) is 0 Å². The molecule has 9 N–H and O–H groups in total. The van der Waals surface area contributed by atoms with Crippen LogP contribution in [0.1, 0.15) is 85.5 Å². The summed E-state index contributed by atoms with van der Waals surface area (Å²) in [4.78, 5) is 0. The molecule has 0 aromatic carbocycles. The van der Waals surface area contributed by atoms with Crippen LogP contribution in [-0.4, -0.2) is 146 Å². The molecule has 7 aliphatic rings. The van der Waals surface area contributed by atoms with Gasteiger partial charge in [0.1, 0.15) is 54.9 Å². The fourth-order valence-electron chi connectivity index (χ4n) is 12.3. The maximum atomic E-state index is 11.9. The van der Waals surface area contributed by atoms with E-state index < -0.39 is 80.7 Å². The lowest BCUT2D eigenvalue weighted by Gasteiger charge is -2.62. The summed E-state index contributed by atoms with van der Waals surface area (Å²) in [5.74, 6) is 3.08. The third kappa shape index (κ3) is 6.83. The summed E-state index contributed by atoms with van der Waals surface area (Å²) < 4.78 is 29.9. The molecule has 6 fully saturated rings. The van der Waals surface area contributed by atoms with Crippen LogP contribution in [0.5, 0.6) is 0 Å². The predicted molar refractivity (Wildman–Crippen MR) is 186 cm³/mol. The van der Waals surface area contributed by atoms with Crippen LogP contribution in [0.2, 0.25) is 0 Å². The predicted octanol–water partition coefficient (Wildman–Crippen LogP) is 0.317. The lowest BCUT2D eigenvalue weighted by molar-refractivity contribution is -0.320. The van der Waals surface area contributed by atoms with Crippen LogP contribution < -0.4 is 0 Å². The molecule has 0 aromatic heterocycles. The number of ether oxygens (including phenoxy) is 5. The molecule has 4 saturated carbocycles. The molecule has 0 amide bonds. The number of hydrogen-bond donors (Lipinski definition) is 9. The number of aliphatic hydroxyl groups excluding tert-OH is 9. The first-order chi connectivity index (χ1) is 25.1. The van der Waals surface area contributed by atoms with Crippen LogP contribution in [0.15, 0.2) is 11.3 Å². The second kappa shape index (κ2) is 15.4. The summed E-state index contributed by atoms with van der Waals surface area (Å²) in [5.41, 5.74) is 1.17. The van der Waals surface area contributed by atoms with E-state index in [1.165, 1.54) is 5.57 Å². The number of aliphatic hydroxyl groups is 9. The summed E-state index contributed by atoms with van der Waals surface area (Å²) in [6, 6.07) is 0. The Morgan fingerprint density at radius 1 is 0.774 bits per heavy atom. The fourth-order valence-corrected chi connectivity index (χ4v) is 12.3. The highest BCUT2D eigenvalue weighted by Crippen LogP contribution is 2.70. The Morgan fingerprint density at radius 2 is 1.42 bits per heavy atom. The number of allylic oxidation sites excluding steroid dienone is 1. The van der Waals surface area contributed by atoms with Gasteiger partial charge < -0.3 is 69.6 Å². The van der Waals surface area contributed by atoms with Crippen molar-refractivity contribution in [2.75, 3.05) is 19.8 Å². The molecule has 0 bridgehead atoms. The molecule has 14 heteroatoms. The minimum Gasteiger partial charge on any atom is -0.494 e. The van der Waals surface area contributed by atoms with Crippen molar-refractivity contribution in [1.29, 1.82) is 0 Å². The Kier molecular flexibility index (Phi) is 11.7. The highest BCUT2D eigenvalue weighted by Gasteiger charge is 2.66. The first-order valence-corrected chi connectivity index (χ1v) is 20.1. The number of rotatable bonds is 10. The zero-order valence-electron chi connectivity index (χ0n) is 31.5. The molecule has 0 aromatic rings. The molecule has 4 aliphatic carbocycles. The Hall–Kier alpha value is -0.980. The summed E-state index contributed by atoms with van der Waals surface area (Å²) >= 11 is 0. The van der Waals surface area contributed by atoms with Gasteiger partial charge in [-0.2, -0.15) is 0 Å². The maximum absolute atomic E-state index is 11.9. The maximum Gasteiger partial charge on any atom is 0.186 e. The minimum absolute atomic E-state index is 0.102. The molecule has 21 atom stereocenters. The monoisotopic (exact) mass is 756 g/mol. The van der Waals surface area contributed by atoms with Crippen molar-refractivity contribution < 1.29 is 69.6 Å². The summed E-state index contributed by atoms with van der Waals surface area (Å²) in [6.07, 6.45) is -6.14. The number of fused-ring (bicyclic) bond motifs is 7. The van der Waals surface area contributed by atoms with Crippen LogP contribution in [-0.2, 0) is 23.7 Å². The van der Waals surface area contributed by atoms with Crippen molar-refractivity contribution in [3.8, 4) is 0 Å². The van der Waals surface area contributed by atoms with Crippen LogP contribution >= 0.6 is 0 Å². The van der Waals surface area contributed by atoms with E-state index in [-0.39, 0.29) is 41.5 Å². The largest absolute Gasteiger partial charge is 0.494 e. The summed E-state index contributed by atoms with van der Waals surface area (Å²) in [5, 5.41) is 92.4. The molecule has 3 aliphatic heterocycles. The Balaban J connectivity index is 0.951. The van der Waals surface area contributed by atoms with Gasteiger partial charge in [0, 0.05) is 18.8 Å². The molecular formula is C39H64O14. The van der Waals surface area contributed by atoms with Gasteiger partial charge in [0.05, 0.1) is 37.8 Å². The van der Waals surface area contributed by atoms with E-state index >= 15 is 0 Å². The van der Waals surface area contributed by atoms with E-state index in [9.17, 15) is 46.0 Å². The molecule has 2 saturated heterocycles. The smallest absolute Gasteiger partial charge is 0.186 e. The van der Waals surface area contributed by atoms with E-state index in [0.29, 0.717) is 36.5 Å². The lowest BCUT2D eigenvalue weighted by atomic mass is 9.44. The van der Waals surface area contributed by atoms with E-state index in [1.54, 1.807) is 0 Å². The molecule has 0 spiro atoms. The summed E-state index contributed by atoms with van der Waals surface area (Å²) in [6.45, 7) is 8.27. The first-order valence-electron chi connectivity index (χ1n) is 20.1. The second-order valence-corrected chi connectivity index (χ2v) is 18.2. The van der Waals surface area contributed by atoms with Gasteiger partial charge >= 0.3 is 0 Å². The first kappa shape index (κ1) is 40.2. The standard InChI is InChI=1S/C39H64O14/c1-17(16-49-36-34(47)32(45)30(43)26(14-40)52-36)5-8-24-18(2)29-25(51-24)13-23-21-7-6-19-11-20(50-37-35(48)33(46)31(44)27(15-41)53-37)12-28(42)39(19,4)22(21)9-10-38(23,29)3/h17,19-23,25-37,40-48H,5-16H2,1-4H3/t17-,19+,20+,21-,22+,23+,25+,26-,27-,28-,29+,30-,31-,32+,33+,34-,35-,36-,37-,38+,39+/m1/s1. The van der Waals surface area contributed by atoms with E-state index in [2.05, 4.69) is 27.7 Å². The molecule has 0 radical (unpaired) electrons. The molecule has 7 rings (SSSR count). The van der Waals surface area contributed by atoms with Gasteiger partial charge in [-0.25, -0.2) is 0 Å². The van der Waals surface area contributed by atoms with Gasteiger partial charge in [-0.3, -0.25) is 0 Å². The second-order valence-electron chi connectivity index (χ2n) is 18.2. The number of hydrogen-bond acceptors (Lipinski definition) is 14. The highest BCUT2D eigenvalue weighted by atomic mass is 16.7. The SMILES string of the molecule is CC1=C(CC[C@@H](C)CO[C@@H]2O[C@H](CO)[C@@H](O)[C@H](O)[C@H]2O)O[C@H]2C[C@H]3[C@@H]4CC[C@H]5C[C@H](O[C@@H]6O[C@H](CO)[C@@H](O)[C@H](O)[C@H]6O)C[C@@H](O)[C@]5(C)[C@H]4CC[C@]3(C)[C@@H]12. The van der Waals surface area contributed by atoms with E-state index in [4.69, 9.17) is 23.7 Å². The molecule has 0 unspecified atom stereocenters. The minimum atomic E-state index is -1.50. The van der Waals surface area contributed by atoms with Crippen molar-refractivity contribution in [3.05, 3.63) is 11.3 Å². The van der Waals surface area contributed by atoms with E-state index in [0.717, 1.165) is 50.7 Å². The van der Waals surface area contributed by atoms with Crippen molar-refractivity contribution in [3.63, 3.8) is 0 Å². The average molecular weight is 757 g/mol. The molecular weight excluding hydrogens is 692 g/mol. The molecule has 3 heterocycles. The average Bonchev–Trinajstić information content (AvgIpc) is 3.62. The molecule has 304 valence electrons. The third-order valence-electron chi connectivity index (χ3n) is 15.4. The molecule has 53 heavy (non-hydrogen) atoms. The fraction of sp³-hybridized carbons (Fsp3) is 0.949. The van der Waals surface area contributed by atoms with Crippen molar-refractivity contribution in [2.45, 2.75) is 165 Å². The van der Waals surface area contributed by atoms with Gasteiger partial charge in [0.15, 0.2) is 12.6 Å². The quantitative estimate of drug-likeness (QED) is 0.137. The Labute approximate surface area is 312 Å². The van der Waals surface area contributed by atoms with E-state index in [1.807, 2.05) is 0 Å². The van der Waals surface area contributed by atoms with Gasteiger partial charge in [0.2, 0.25) is 0 Å². The van der Waals surface area contributed by atoms with Gasteiger partial charge in [0.25, 0.3) is 0 Å². The third-order valence-corrected chi connectivity index (χ3v) is 15.4. The van der Waals surface area contributed by atoms with Crippen LogP contribution in [0, 0.1) is 46.3 Å². The lowest BCUT2D eigenvalue weighted by Crippen LogP contribution is -2.62. The topological polar surface area (TPSA) is 228 Å². The van der Waals surface area contributed by atoms with Crippen molar-refractivity contribution >= 4 is 0 Å². The van der Waals surface area contributed by atoms with Gasteiger partial charge in [-0.15, -0.1) is 0 Å². The van der Waals surface area contributed by atoms with Gasteiger partial charge in [-0.1, -0.05) is 20.8 Å².